The molecule has 1 fully saturated rings. The summed E-state index contributed by atoms with van der Waals surface area (Å²) in [4.78, 5) is 33.6. The number of pyridine rings is 2. The Hall–Kier alpha value is -3.03. The van der Waals surface area contributed by atoms with E-state index in [0.717, 1.165) is 6.20 Å². The Morgan fingerprint density at radius 1 is 1.35 bits per heavy atom. The van der Waals surface area contributed by atoms with Crippen LogP contribution in [0, 0.1) is 12.7 Å². The molecule has 1 N–H and O–H groups in total. The molecule has 2 aromatic rings. The fourth-order valence-electron chi connectivity index (χ4n) is 2.58. The Bertz CT molecular complexity index is 820. The van der Waals surface area contributed by atoms with Gasteiger partial charge in [0.2, 0.25) is 5.91 Å². The minimum Gasteiger partial charge on any atom is -0.487 e. The molecule has 7 nitrogen and oxygen atoms in total. The summed E-state index contributed by atoms with van der Waals surface area (Å²) in [5.74, 6) is -0.0988. The smallest absolute Gasteiger partial charge is 0.275 e. The lowest BCUT2D eigenvalue weighted by Gasteiger charge is -2.38. The topological polar surface area (TPSA) is 84.4 Å². The van der Waals surface area contributed by atoms with Crippen LogP contribution in [0.15, 0.2) is 30.5 Å². The van der Waals surface area contributed by atoms with Crippen LogP contribution in [-0.2, 0) is 4.79 Å². The quantitative estimate of drug-likeness (QED) is 0.886. The average Bonchev–Trinajstić information content (AvgIpc) is 2.58. The van der Waals surface area contributed by atoms with E-state index in [4.69, 9.17) is 4.74 Å². The fraction of sp³-hybridized carbons (Fsp3) is 0.333. The lowest BCUT2D eigenvalue weighted by molar-refractivity contribution is -0.139. The van der Waals surface area contributed by atoms with Crippen molar-refractivity contribution in [3.05, 3.63) is 47.7 Å². The highest BCUT2D eigenvalue weighted by Crippen LogP contribution is 2.21. The van der Waals surface area contributed by atoms with Crippen LogP contribution < -0.4 is 10.1 Å². The van der Waals surface area contributed by atoms with Gasteiger partial charge in [0.05, 0.1) is 19.3 Å². The maximum atomic E-state index is 12.9. The zero-order valence-corrected chi connectivity index (χ0v) is 14.5. The normalized spacial score (nSPS) is 13.9. The van der Waals surface area contributed by atoms with Crippen molar-refractivity contribution in [3.63, 3.8) is 0 Å². The van der Waals surface area contributed by atoms with Gasteiger partial charge in [-0.3, -0.25) is 9.59 Å². The van der Waals surface area contributed by atoms with Crippen LogP contribution in [0.2, 0.25) is 0 Å². The van der Waals surface area contributed by atoms with Crippen molar-refractivity contribution >= 4 is 17.6 Å². The van der Waals surface area contributed by atoms with Gasteiger partial charge >= 0.3 is 0 Å². The molecule has 0 saturated carbocycles. The number of likely N-dealkylation sites (tertiary alicyclic amines) is 1. The molecular weight excluding hydrogens is 339 g/mol. The van der Waals surface area contributed by atoms with E-state index in [2.05, 4.69) is 15.3 Å². The predicted octanol–water partition coefficient (Wildman–Crippen LogP) is 2.18. The second kappa shape index (κ2) is 7.47. The van der Waals surface area contributed by atoms with Gasteiger partial charge in [0, 0.05) is 24.2 Å². The maximum absolute atomic E-state index is 12.9. The van der Waals surface area contributed by atoms with Gasteiger partial charge in [0.15, 0.2) is 0 Å². The Kier molecular flexibility index (Phi) is 5.11. The van der Waals surface area contributed by atoms with Gasteiger partial charge in [0.25, 0.3) is 5.91 Å². The monoisotopic (exact) mass is 358 g/mol. The van der Waals surface area contributed by atoms with Gasteiger partial charge in [-0.2, -0.15) is 0 Å². The van der Waals surface area contributed by atoms with Crippen LogP contribution in [0.1, 0.15) is 29.5 Å². The summed E-state index contributed by atoms with van der Waals surface area (Å²) in [6, 6.07) is 5.85. The molecule has 136 valence electrons. The molecule has 0 atom stereocenters. The molecular formula is C18H19FN4O3. The first-order valence-corrected chi connectivity index (χ1v) is 8.30. The first-order chi connectivity index (χ1) is 12.4. The lowest BCUT2D eigenvalue weighted by atomic mass is 10.1. The van der Waals surface area contributed by atoms with E-state index in [-0.39, 0.29) is 23.5 Å². The van der Waals surface area contributed by atoms with E-state index in [1.165, 1.54) is 18.2 Å². The molecule has 8 heteroatoms. The lowest BCUT2D eigenvalue weighted by Crippen LogP contribution is -2.56. The number of hydrogen-bond donors (Lipinski definition) is 1. The Morgan fingerprint density at radius 3 is 2.77 bits per heavy atom. The molecule has 1 saturated heterocycles. The number of aryl methyl sites for hydroxylation is 1. The van der Waals surface area contributed by atoms with Crippen LogP contribution in [-0.4, -0.2) is 45.9 Å². The van der Waals surface area contributed by atoms with E-state index in [9.17, 15) is 14.0 Å². The zero-order valence-electron chi connectivity index (χ0n) is 14.5. The van der Waals surface area contributed by atoms with Gasteiger partial charge in [0.1, 0.15) is 29.2 Å². The number of nitrogens with one attached hydrogen (secondary N) is 1. The molecule has 2 aromatic heterocycles. The summed E-state index contributed by atoms with van der Waals surface area (Å²) in [6.45, 7) is 4.65. The molecule has 0 aliphatic carbocycles. The molecule has 26 heavy (non-hydrogen) atoms. The Morgan fingerprint density at radius 2 is 2.12 bits per heavy atom. The number of anilines is 1. The summed E-state index contributed by atoms with van der Waals surface area (Å²) >= 11 is 0. The highest BCUT2D eigenvalue weighted by atomic mass is 19.1. The fourth-order valence-corrected chi connectivity index (χ4v) is 2.58. The van der Waals surface area contributed by atoms with Crippen molar-refractivity contribution < 1.29 is 18.7 Å². The Labute approximate surface area is 150 Å². The number of halogens is 1. The van der Waals surface area contributed by atoms with Gasteiger partial charge in [-0.1, -0.05) is 6.92 Å². The van der Waals surface area contributed by atoms with Crippen LogP contribution >= 0.6 is 0 Å². The van der Waals surface area contributed by atoms with E-state index in [1.54, 1.807) is 17.9 Å². The molecule has 0 unspecified atom stereocenters. The number of carbonyl (C=O) groups is 2. The van der Waals surface area contributed by atoms with Gasteiger partial charge < -0.3 is 15.0 Å². The maximum Gasteiger partial charge on any atom is 0.275 e. The number of ether oxygens (including phenoxy) is 1. The van der Waals surface area contributed by atoms with Gasteiger partial charge in [-0.25, -0.2) is 14.4 Å². The zero-order chi connectivity index (χ0) is 18.7. The molecule has 0 spiro atoms. The van der Waals surface area contributed by atoms with Crippen LogP contribution in [0.5, 0.6) is 5.75 Å². The third-order valence-electron chi connectivity index (χ3n) is 3.93. The average molecular weight is 358 g/mol. The first kappa shape index (κ1) is 17.8. The van der Waals surface area contributed by atoms with Gasteiger partial charge in [-0.05, 0) is 19.1 Å². The summed E-state index contributed by atoms with van der Waals surface area (Å²) in [5.41, 5.74) is 0.799. The molecule has 0 bridgehead atoms. The predicted molar refractivity (Wildman–Crippen MR) is 92.4 cm³/mol. The van der Waals surface area contributed by atoms with Crippen molar-refractivity contribution in [1.82, 2.24) is 14.9 Å². The molecule has 0 aromatic carbocycles. The number of hydrogen-bond acceptors (Lipinski definition) is 5. The Balaban J connectivity index is 1.65. The molecule has 0 radical (unpaired) electrons. The number of carbonyl (C=O) groups excluding carboxylic acids is 2. The second-order valence-electron chi connectivity index (χ2n) is 6.04. The summed E-state index contributed by atoms with van der Waals surface area (Å²) in [6.07, 6.45) is 1.40. The minimum absolute atomic E-state index is 0.0954. The number of nitrogens with zero attached hydrogens (tertiary/aromatic N) is 3. The van der Waals surface area contributed by atoms with E-state index >= 15 is 0 Å². The summed E-state index contributed by atoms with van der Waals surface area (Å²) in [5, 5.41) is 2.56. The standard InChI is InChI=1S/C18H19FN4O3/c1-3-17(24)23-9-14(10-23)26-13-6-11(2)21-15(7-13)18(25)22-16-5-4-12(19)8-20-16/h4-8,14H,3,9-10H2,1-2H3,(H,20,22,25). The van der Waals surface area contributed by atoms with Crippen molar-refractivity contribution in [3.8, 4) is 5.75 Å². The van der Waals surface area contributed by atoms with E-state index < -0.39 is 11.7 Å². The first-order valence-electron chi connectivity index (χ1n) is 8.30. The van der Waals surface area contributed by atoms with Gasteiger partial charge in [-0.15, -0.1) is 0 Å². The van der Waals surface area contributed by atoms with Crippen molar-refractivity contribution in [1.29, 1.82) is 0 Å². The SMILES string of the molecule is CCC(=O)N1CC(Oc2cc(C)nc(C(=O)Nc3ccc(F)cn3)c2)C1. The number of aromatic nitrogens is 2. The van der Waals surface area contributed by atoms with E-state index in [1.807, 2.05) is 6.92 Å². The van der Waals surface area contributed by atoms with E-state index in [0.29, 0.717) is 31.0 Å². The molecule has 2 amide bonds. The van der Waals surface area contributed by atoms with Crippen molar-refractivity contribution in [2.24, 2.45) is 0 Å². The second-order valence-corrected chi connectivity index (χ2v) is 6.04. The molecule has 3 heterocycles. The van der Waals surface area contributed by atoms with Crippen LogP contribution in [0.3, 0.4) is 0 Å². The van der Waals surface area contributed by atoms with Crippen molar-refractivity contribution in [2.45, 2.75) is 26.4 Å². The highest BCUT2D eigenvalue weighted by molar-refractivity contribution is 6.02. The van der Waals surface area contributed by atoms with Crippen molar-refractivity contribution in [2.75, 3.05) is 18.4 Å². The van der Waals surface area contributed by atoms with Crippen LogP contribution in [0.4, 0.5) is 10.2 Å². The highest BCUT2D eigenvalue weighted by Gasteiger charge is 2.31. The third-order valence-corrected chi connectivity index (χ3v) is 3.93. The summed E-state index contributed by atoms with van der Waals surface area (Å²) < 4.78 is 18.7. The number of amides is 2. The summed E-state index contributed by atoms with van der Waals surface area (Å²) in [7, 11) is 0. The largest absolute Gasteiger partial charge is 0.487 e. The molecule has 1 aliphatic rings. The van der Waals surface area contributed by atoms with Crippen LogP contribution in [0.25, 0.3) is 0 Å². The molecule has 1 aliphatic heterocycles. The minimum atomic E-state index is -0.483. The molecule has 3 rings (SSSR count). The third kappa shape index (κ3) is 4.14. The number of rotatable bonds is 5.